The molecule has 0 saturated carbocycles. The highest BCUT2D eigenvalue weighted by Gasteiger charge is 2.10. The standard InChI is InChI=1S/C12H24N2O/c1-3-11(7-5-9-13)15-12(4-2)8-6-10-14/h3-4,11-12H,1-2,5-10,13-14H2. The van der Waals surface area contributed by atoms with Crippen LogP contribution in [0.1, 0.15) is 25.7 Å². The molecule has 0 aromatic rings. The monoisotopic (exact) mass is 212 g/mol. The van der Waals surface area contributed by atoms with Crippen LogP contribution in [0, 0.1) is 0 Å². The van der Waals surface area contributed by atoms with Crippen LogP contribution in [0.5, 0.6) is 0 Å². The molecule has 0 aromatic heterocycles. The van der Waals surface area contributed by atoms with E-state index in [4.69, 9.17) is 16.2 Å². The number of ether oxygens (including phenoxy) is 1. The van der Waals surface area contributed by atoms with Gasteiger partial charge in [0.1, 0.15) is 0 Å². The molecule has 3 heteroatoms. The molecular weight excluding hydrogens is 188 g/mol. The lowest BCUT2D eigenvalue weighted by Crippen LogP contribution is -2.20. The van der Waals surface area contributed by atoms with Crippen LogP contribution in [0.3, 0.4) is 0 Å². The molecule has 0 aliphatic carbocycles. The van der Waals surface area contributed by atoms with Gasteiger partial charge in [-0.3, -0.25) is 0 Å². The van der Waals surface area contributed by atoms with Gasteiger partial charge in [-0.2, -0.15) is 0 Å². The summed E-state index contributed by atoms with van der Waals surface area (Å²) >= 11 is 0. The molecule has 0 heterocycles. The minimum Gasteiger partial charge on any atom is -0.367 e. The van der Waals surface area contributed by atoms with Gasteiger partial charge in [0.15, 0.2) is 0 Å². The van der Waals surface area contributed by atoms with Crippen LogP contribution in [0.15, 0.2) is 25.3 Å². The van der Waals surface area contributed by atoms with E-state index >= 15 is 0 Å². The first-order valence-electron chi connectivity index (χ1n) is 5.59. The molecule has 2 unspecified atom stereocenters. The van der Waals surface area contributed by atoms with Crippen LogP contribution in [0.2, 0.25) is 0 Å². The number of hydrogen-bond acceptors (Lipinski definition) is 3. The smallest absolute Gasteiger partial charge is 0.0761 e. The molecule has 88 valence electrons. The first-order valence-corrected chi connectivity index (χ1v) is 5.59. The second-order valence-electron chi connectivity index (χ2n) is 3.55. The van der Waals surface area contributed by atoms with Gasteiger partial charge >= 0.3 is 0 Å². The zero-order valence-corrected chi connectivity index (χ0v) is 9.53. The van der Waals surface area contributed by atoms with E-state index < -0.39 is 0 Å². The molecule has 0 aromatic carbocycles. The largest absolute Gasteiger partial charge is 0.367 e. The molecule has 2 atom stereocenters. The lowest BCUT2D eigenvalue weighted by atomic mass is 10.1. The fourth-order valence-corrected chi connectivity index (χ4v) is 1.35. The fraction of sp³-hybridized carbons (Fsp3) is 0.667. The van der Waals surface area contributed by atoms with Crippen LogP contribution in [0.25, 0.3) is 0 Å². The summed E-state index contributed by atoms with van der Waals surface area (Å²) in [6.07, 6.45) is 7.57. The van der Waals surface area contributed by atoms with Crippen molar-refractivity contribution in [2.75, 3.05) is 13.1 Å². The van der Waals surface area contributed by atoms with E-state index in [1.165, 1.54) is 0 Å². The van der Waals surface area contributed by atoms with Crippen LogP contribution in [-0.2, 0) is 4.74 Å². The summed E-state index contributed by atoms with van der Waals surface area (Å²) in [4.78, 5) is 0. The van der Waals surface area contributed by atoms with E-state index in [2.05, 4.69) is 13.2 Å². The number of nitrogens with two attached hydrogens (primary N) is 2. The molecule has 0 saturated heterocycles. The lowest BCUT2D eigenvalue weighted by Gasteiger charge is -2.20. The maximum atomic E-state index is 5.81. The quantitative estimate of drug-likeness (QED) is 0.541. The number of hydrogen-bond donors (Lipinski definition) is 2. The Balaban J connectivity index is 3.88. The van der Waals surface area contributed by atoms with Crippen molar-refractivity contribution in [3.8, 4) is 0 Å². The van der Waals surface area contributed by atoms with Crippen molar-refractivity contribution < 1.29 is 4.74 Å². The van der Waals surface area contributed by atoms with Gasteiger partial charge in [0.2, 0.25) is 0 Å². The van der Waals surface area contributed by atoms with E-state index in [9.17, 15) is 0 Å². The van der Waals surface area contributed by atoms with Gasteiger partial charge in [-0.25, -0.2) is 0 Å². The third-order valence-electron chi connectivity index (χ3n) is 2.26. The van der Waals surface area contributed by atoms with Crippen LogP contribution in [0.4, 0.5) is 0 Å². The first kappa shape index (κ1) is 14.4. The molecule has 3 nitrogen and oxygen atoms in total. The maximum Gasteiger partial charge on any atom is 0.0761 e. The first-order chi connectivity index (χ1) is 7.28. The van der Waals surface area contributed by atoms with E-state index in [0.29, 0.717) is 13.1 Å². The summed E-state index contributed by atoms with van der Waals surface area (Å²) in [7, 11) is 0. The summed E-state index contributed by atoms with van der Waals surface area (Å²) in [5.74, 6) is 0. The van der Waals surface area contributed by atoms with E-state index in [-0.39, 0.29) is 12.2 Å². The normalized spacial score (nSPS) is 14.5. The van der Waals surface area contributed by atoms with E-state index in [0.717, 1.165) is 25.7 Å². The van der Waals surface area contributed by atoms with Crippen molar-refractivity contribution in [3.05, 3.63) is 25.3 Å². The molecule has 15 heavy (non-hydrogen) atoms. The van der Waals surface area contributed by atoms with Gasteiger partial charge in [0.25, 0.3) is 0 Å². The lowest BCUT2D eigenvalue weighted by molar-refractivity contribution is 0.0313. The van der Waals surface area contributed by atoms with Gasteiger partial charge in [-0.15, -0.1) is 13.2 Å². The Kier molecular flexibility index (Phi) is 9.48. The minimum absolute atomic E-state index is 0.0781. The van der Waals surface area contributed by atoms with Gasteiger partial charge in [-0.05, 0) is 38.8 Å². The highest BCUT2D eigenvalue weighted by molar-refractivity contribution is 4.86. The Morgan fingerprint density at radius 2 is 1.33 bits per heavy atom. The average molecular weight is 212 g/mol. The third kappa shape index (κ3) is 7.31. The van der Waals surface area contributed by atoms with Crippen molar-refractivity contribution in [2.24, 2.45) is 11.5 Å². The Morgan fingerprint density at radius 3 is 1.60 bits per heavy atom. The highest BCUT2D eigenvalue weighted by Crippen LogP contribution is 2.11. The topological polar surface area (TPSA) is 61.3 Å². The zero-order chi connectivity index (χ0) is 11.5. The van der Waals surface area contributed by atoms with Gasteiger partial charge in [0.05, 0.1) is 12.2 Å². The molecule has 4 N–H and O–H groups in total. The van der Waals surface area contributed by atoms with Gasteiger partial charge < -0.3 is 16.2 Å². The van der Waals surface area contributed by atoms with Crippen molar-refractivity contribution in [1.29, 1.82) is 0 Å². The Hall–Kier alpha value is -0.640. The van der Waals surface area contributed by atoms with Crippen molar-refractivity contribution in [1.82, 2.24) is 0 Å². The Morgan fingerprint density at radius 1 is 0.933 bits per heavy atom. The van der Waals surface area contributed by atoms with E-state index in [1.54, 1.807) is 0 Å². The SMILES string of the molecule is C=CC(CCCN)OC(C=C)CCCN. The number of rotatable bonds is 10. The highest BCUT2D eigenvalue weighted by atomic mass is 16.5. The van der Waals surface area contributed by atoms with Gasteiger partial charge in [0, 0.05) is 0 Å². The molecule has 0 spiro atoms. The van der Waals surface area contributed by atoms with Crippen molar-refractivity contribution >= 4 is 0 Å². The second-order valence-corrected chi connectivity index (χ2v) is 3.55. The summed E-state index contributed by atoms with van der Waals surface area (Å²) < 4.78 is 5.81. The molecule has 0 rings (SSSR count). The average Bonchev–Trinajstić information content (AvgIpc) is 2.28. The molecular formula is C12H24N2O. The molecule has 0 radical (unpaired) electrons. The summed E-state index contributed by atoms with van der Waals surface area (Å²) in [6, 6.07) is 0. The van der Waals surface area contributed by atoms with E-state index in [1.807, 2.05) is 12.2 Å². The molecule has 0 aliphatic heterocycles. The van der Waals surface area contributed by atoms with Crippen molar-refractivity contribution in [3.63, 3.8) is 0 Å². The summed E-state index contributed by atoms with van der Waals surface area (Å²) in [5.41, 5.74) is 10.9. The van der Waals surface area contributed by atoms with Crippen molar-refractivity contribution in [2.45, 2.75) is 37.9 Å². The van der Waals surface area contributed by atoms with Crippen LogP contribution < -0.4 is 11.5 Å². The van der Waals surface area contributed by atoms with Crippen LogP contribution >= 0.6 is 0 Å². The Labute approximate surface area is 93.2 Å². The summed E-state index contributed by atoms with van der Waals surface area (Å²) in [5, 5.41) is 0. The molecule has 0 aliphatic rings. The molecule has 0 bridgehead atoms. The molecule has 0 amide bonds. The predicted molar refractivity (Wildman–Crippen MR) is 65.6 cm³/mol. The minimum atomic E-state index is 0.0781. The summed E-state index contributed by atoms with van der Waals surface area (Å²) in [6.45, 7) is 8.89. The third-order valence-corrected chi connectivity index (χ3v) is 2.26. The second kappa shape index (κ2) is 9.90. The Bertz CT molecular complexity index is 153. The predicted octanol–water partition coefficient (Wildman–Crippen LogP) is 1.59. The van der Waals surface area contributed by atoms with Gasteiger partial charge in [-0.1, -0.05) is 12.2 Å². The maximum absolute atomic E-state index is 5.81. The fourth-order valence-electron chi connectivity index (χ4n) is 1.35. The van der Waals surface area contributed by atoms with Crippen LogP contribution in [-0.4, -0.2) is 25.3 Å². The molecule has 0 fully saturated rings. The zero-order valence-electron chi connectivity index (χ0n) is 9.53.